The first-order valence-corrected chi connectivity index (χ1v) is 12.1. The van der Waals surface area contributed by atoms with Crippen LogP contribution in [0.1, 0.15) is 68.7 Å². The zero-order chi connectivity index (χ0) is 23.8. The fourth-order valence-corrected chi connectivity index (χ4v) is 5.15. The van der Waals surface area contributed by atoms with Gasteiger partial charge < -0.3 is 9.80 Å². The van der Waals surface area contributed by atoms with E-state index in [0.717, 1.165) is 54.1 Å². The van der Waals surface area contributed by atoms with E-state index in [9.17, 15) is 9.59 Å². The van der Waals surface area contributed by atoms with Crippen LogP contribution in [0, 0.1) is 20.8 Å². The highest BCUT2D eigenvalue weighted by Crippen LogP contribution is 2.31. The first kappa shape index (κ1) is 22.3. The van der Waals surface area contributed by atoms with Crippen molar-refractivity contribution in [3.05, 3.63) is 76.5 Å². The number of piperidine rings is 1. The van der Waals surface area contributed by atoms with Gasteiger partial charge in [0.05, 0.1) is 17.0 Å². The number of aryl methyl sites for hydroxylation is 3. The largest absolute Gasteiger partial charge is 0.337 e. The van der Waals surface area contributed by atoms with Gasteiger partial charge in [0.25, 0.3) is 11.8 Å². The van der Waals surface area contributed by atoms with E-state index in [2.05, 4.69) is 17.1 Å². The van der Waals surface area contributed by atoms with Gasteiger partial charge in [-0.1, -0.05) is 18.2 Å². The van der Waals surface area contributed by atoms with Gasteiger partial charge in [0, 0.05) is 44.0 Å². The third-order valence-electron chi connectivity index (χ3n) is 7.03. The molecule has 0 saturated carbocycles. The third-order valence-corrected chi connectivity index (χ3v) is 7.03. The summed E-state index contributed by atoms with van der Waals surface area (Å²) >= 11 is 0. The number of nitrogens with zero attached hydrogens (tertiary/aromatic N) is 5. The third kappa shape index (κ3) is 4.00. The molecule has 0 spiro atoms. The van der Waals surface area contributed by atoms with Gasteiger partial charge >= 0.3 is 0 Å². The summed E-state index contributed by atoms with van der Waals surface area (Å²) in [5, 5.41) is 0. The van der Waals surface area contributed by atoms with Crippen LogP contribution in [0.15, 0.2) is 42.6 Å². The number of amides is 2. The second kappa shape index (κ2) is 9.05. The molecule has 7 heteroatoms. The van der Waals surface area contributed by atoms with Crippen molar-refractivity contribution in [1.29, 1.82) is 0 Å². The lowest BCUT2D eigenvalue weighted by Gasteiger charge is -2.33. The minimum Gasteiger partial charge on any atom is -0.337 e. The van der Waals surface area contributed by atoms with Crippen molar-refractivity contribution >= 4 is 17.5 Å². The molecule has 3 aromatic rings. The van der Waals surface area contributed by atoms with Crippen molar-refractivity contribution in [3.8, 4) is 0 Å². The number of fused-ring (bicyclic) bond motifs is 1. The average Bonchev–Trinajstić information content (AvgIpc) is 3.21. The van der Waals surface area contributed by atoms with Crippen molar-refractivity contribution in [3.63, 3.8) is 0 Å². The van der Waals surface area contributed by atoms with Crippen LogP contribution in [0.5, 0.6) is 0 Å². The Bertz CT molecular complexity index is 1280. The number of carbonyl (C=O) groups is 2. The van der Waals surface area contributed by atoms with E-state index in [1.54, 1.807) is 0 Å². The summed E-state index contributed by atoms with van der Waals surface area (Å²) in [7, 11) is 0. The van der Waals surface area contributed by atoms with E-state index < -0.39 is 0 Å². The Morgan fingerprint density at radius 3 is 2.44 bits per heavy atom. The molecule has 0 radical (unpaired) electrons. The molecule has 0 atom stereocenters. The van der Waals surface area contributed by atoms with Crippen molar-refractivity contribution in [1.82, 2.24) is 24.2 Å². The van der Waals surface area contributed by atoms with E-state index >= 15 is 0 Å². The Kier molecular flexibility index (Phi) is 5.94. The maximum absolute atomic E-state index is 13.5. The predicted molar refractivity (Wildman–Crippen MR) is 131 cm³/mol. The monoisotopic (exact) mass is 457 g/mol. The van der Waals surface area contributed by atoms with Gasteiger partial charge in [0.15, 0.2) is 0 Å². The normalized spacial score (nSPS) is 16.9. The molecule has 1 saturated heterocycles. The molecule has 2 amide bonds. The van der Waals surface area contributed by atoms with Gasteiger partial charge in [-0.2, -0.15) is 0 Å². The Morgan fingerprint density at radius 1 is 0.912 bits per heavy atom. The highest BCUT2D eigenvalue weighted by atomic mass is 16.2. The van der Waals surface area contributed by atoms with E-state index in [1.807, 2.05) is 65.4 Å². The molecule has 2 aliphatic rings. The number of likely N-dealkylation sites (tertiary alicyclic amines) is 1. The number of rotatable bonds is 3. The fraction of sp³-hybridized carbons (Fsp3) is 0.407. The number of pyridine rings is 2. The van der Waals surface area contributed by atoms with Gasteiger partial charge in [0.1, 0.15) is 11.3 Å². The Morgan fingerprint density at radius 2 is 1.71 bits per heavy atom. The average molecular weight is 458 g/mol. The van der Waals surface area contributed by atoms with Gasteiger partial charge in [-0.3, -0.25) is 19.0 Å². The number of carbonyl (C=O) groups excluding carboxylic acids is 2. The van der Waals surface area contributed by atoms with Crippen LogP contribution in [0.3, 0.4) is 0 Å². The summed E-state index contributed by atoms with van der Waals surface area (Å²) < 4.78 is 1.91. The molecule has 0 unspecified atom stereocenters. The highest BCUT2D eigenvalue weighted by molar-refractivity contribution is 5.96. The summed E-state index contributed by atoms with van der Waals surface area (Å²) in [4.78, 5) is 40.0. The van der Waals surface area contributed by atoms with Gasteiger partial charge in [-0.15, -0.1) is 0 Å². The SMILES string of the molecule is Cc1ccc(C(=O)N2CC=CCC2)c(C2CCN(C(=O)c3c(C)nc4c(C)cccn34)CC2)n1. The van der Waals surface area contributed by atoms with Crippen LogP contribution in [0.4, 0.5) is 0 Å². The molecule has 5 rings (SSSR count). The van der Waals surface area contributed by atoms with Crippen LogP contribution in [0.2, 0.25) is 0 Å². The number of hydrogen-bond donors (Lipinski definition) is 0. The Labute approximate surface area is 200 Å². The highest BCUT2D eigenvalue weighted by Gasteiger charge is 2.31. The quantitative estimate of drug-likeness (QED) is 0.556. The van der Waals surface area contributed by atoms with Gasteiger partial charge in [-0.05, 0) is 63.8 Å². The zero-order valence-electron chi connectivity index (χ0n) is 20.1. The zero-order valence-corrected chi connectivity index (χ0v) is 20.1. The molecule has 0 aliphatic carbocycles. The maximum Gasteiger partial charge on any atom is 0.272 e. The Balaban J connectivity index is 1.35. The van der Waals surface area contributed by atoms with Crippen molar-refractivity contribution in [2.45, 2.75) is 46.0 Å². The molecule has 1 fully saturated rings. The molecular formula is C27H31N5O2. The van der Waals surface area contributed by atoms with Crippen molar-refractivity contribution in [2.24, 2.45) is 0 Å². The first-order chi connectivity index (χ1) is 16.4. The molecule has 3 aromatic heterocycles. The summed E-state index contributed by atoms with van der Waals surface area (Å²) in [6.45, 7) is 8.54. The van der Waals surface area contributed by atoms with E-state index in [-0.39, 0.29) is 17.7 Å². The molecular weight excluding hydrogens is 426 g/mol. The summed E-state index contributed by atoms with van der Waals surface area (Å²) in [6.07, 6.45) is 8.55. The van der Waals surface area contributed by atoms with E-state index in [0.29, 0.717) is 30.9 Å². The van der Waals surface area contributed by atoms with Crippen molar-refractivity contribution in [2.75, 3.05) is 26.2 Å². The van der Waals surface area contributed by atoms with Crippen LogP contribution >= 0.6 is 0 Å². The summed E-state index contributed by atoms with van der Waals surface area (Å²) in [6, 6.07) is 7.81. The summed E-state index contributed by atoms with van der Waals surface area (Å²) in [5.41, 5.74) is 5.78. The van der Waals surface area contributed by atoms with Gasteiger partial charge in [0.2, 0.25) is 0 Å². The minimum absolute atomic E-state index is 0.0163. The second-order valence-electron chi connectivity index (χ2n) is 9.39. The molecule has 0 N–H and O–H groups in total. The topological polar surface area (TPSA) is 70.8 Å². The fourth-order valence-electron chi connectivity index (χ4n) is 5.15. The van der Waals surface area contributed by atoms with E-state index in [1.165, 1.54) is 0 Å². The first-order valence-electron chi connectivity index (χ1n) is 12.1. The second-order valence-corrected chi connectivity index (χ2v) is 9.39. The molecule has 176 valence electrons. The van der Waals surface area contributed by atoms with Crippen LogP contribution < -0.4 is 0 Å². The standard InChI is InChI=1S/C27H31N5O2/c1-18-8-7-15-32-24(20(3)29-25(18)32)27(34)31-16-11-21(12-17-31)23-22(10-9-19(2)28-23)26(33)30-13-5-4-6-14-30/h4-5,7-10,15,21H,6,11-14,16-17H2,1-3H3. The lowest BCUT2D eigenvalue weighted by Crippen LogP contribution is -2.39. The minimum atomic E-state index is 0.0163. The molecule has 5 heterocycles. The Hall–Kier alpha value is -3.48. The molecule has 0 aromatic carbocycles. The summed E-state index contributed by atoms with van der Waals surface area (Å²) in [5.74, 6) is 0.235. The molecule has 2 aliphatic heterocycles. The lowest BCUT2D eigenvalue weighted by molar-refractivity contribution is 0.0698. The predicted octanol–water partition coefficient (Wildman–Crippen LogP) is 4.08. The number of imidazole rings is 1. The molecule has 0 bridgehead atoms. The van der Waals surface area contributed by atoms with Crippen LogP contribution in [-0.2, 0) is 0 Å². The maximum atomic E-state index is 13.5. The van der Waals surface area contributed by atoms with E-state index in [4.69, 9.17) is 4.98 Å². The number of hydrogen-bond acceptors (Lipinski definition) is 4. The smallest absolute Gasteiger partial charge is 0.272 e. The molecule has 34 heavy (non-hydrogen) atoms. The molecule has 7 nitrogen and oxygen atoms in total. The number of aromatic nitrogens is 3. The lowest BCUT2D eigenvalue weighted by atomic mass is 9.89. The van der Waals surface area contributed by atoms with Crippen LogP contribution in [0.25, 0.3) is 5.65 Å². The van der Waals surface area contributed by atoms with Gasteiger partial charge in [-0.25, -0.2) is 4.98 Å². The van der Waals surface area contributed by atoms with Crippen molar-refractivity contribution < 1.29 is 9.59 Å². The van der Waals surface area contributed by atoms with Crippen LogP contribution in [-0.4, -0.2) is 62.2 Å².